The van der Waals surface area contributed by atoms with Crippen molar-refractivity contribution in [2.75, 3.05) is 26.2 Å². The van der Waals surface area contributed by atoms with E-state index in [1.54, 1.807) is 6.07 Å². The van der Waals surface area contributed by atoms with Gasteiger partial charge in [0.15, 0.2) is 5.92 Å². The summed E-state index contributed by atoms with van der Waals surface area (Å²) in [6, 6.07) is 4.07. The molecule has 3 rings (SSSR count). The number of carbonyl (C=O) groups excluding carboxylic acids is 2. The van der Waals surface area contributed by atoms with E-state index >= 15 is 0 Å². The third-order valence-corrected chi connectivity index (χ3v) is 6.74. The number of aliphatic imine (C=N–C) groups is 1. The fourth-order valence-electron chi connectivity index (χ4n) is 4.42. The summed E-state index contributed by atoms with van der Waals surface area (Å²) in [7, 11) is 0. The van der Waals surface area contributed by atoms with Crippen LogP contribution in [-0.2, 0) is 9.59 Å². The highest BCUT2D eigenvalue weighted by atomic mass is 35.5. The predicted octanol–water partition coefficient (Wildman–Crippen LogP) is 2.37. The second-order valence-electron chi connectivity index (χ2n) is 9.62. The fourth-order valence-corrected chi connectivity index (χ4v) is 4.60. The van der Waals surface area contributed by atoms with Gasteiger partial charge in [0.05, 0.1) is 11.8 Å². The van der Waals surface area contributed by atoms with Gasteiger partial charge < -0.3 is 31.4 Å². The molecular weight excluding hydrogens is 572 g/mol. The summed E-state index contributed by atoms with van der Waals surface area (Å²) in [4.78, 5) is 39.3. The minimum absolute atomic E-state index is 0.0138. The molecule has 2 amide bonds. The molecule has 6 N–H and O–H groups in total. The van der Waals surface area contributed by atoms with Crippen LogP contribution in [0.3, 0.4) is 0 Å². The van der Waals surface area contributed by atoms with Gasteiger partial charge in [-0.05, 0) is 50.1 Å². The second-order valence-corrected chi connectivity index (χ2v) is 10.1. The summed E-state index contributed by atoms with van der Waals surface area (Å²) in [6.45, 7) is 1.31. The molecule has 12 nitrogen and oxygen atoms in total. The third kappa shape index (κ3) is 9.80. The molecule has 1 aromatic heterocycles. The molecule has 1 aliphatic rings. The molecule has 2 unspecified atom stereocenters. The van der Waals surface area contributed by atoms with Crippen molar-refractivity contribution in [1.29, 1.82) is 10.8 Å². The van der Waals surface area contributed by atoms with E-state index in [1.807, 2.05) is 0 Å². The number of amidine groups is 1. The number of benzene rings is 1. The van der Waals surface area contributed by atoms with Crippen LogP contribution in [-0.4, -0.2) is 89.3 Å². The number of ether oxygens (including phenoxy) is 1. The Bertz CT molecular complexity index is 1270. The predicted molar refractivity (Wildman–Crippen MR) is 155 cm³/mol. The zero-order valence-corrected chi connectivity index (χ0v) is 23.8. The average Bonchev–Trinajstić information content (AvgIpc) is 2.94. The number of aromatic nitrogens is 2. The number of hydrogen-bond donors (Lipinski definition) is 5. The zero-order valence-electron chi connectivity index (χ0n) is 23.0. The number of piperidine rings is 1. The van der Waals surface area contributed by atoms with Crippen LogP contribution in [0.5, 0.6) is 5.75 Å². The van der Waals surface area contributed by atoms with E-state index in [0.717, 1.165) is 38.9 Å². The Balaban J connectivity index is 1.80. The first kappa shape index (κ1) is 32.5. The molecule has 1 aromatic carbocycles. The van der Waals surface area contributed by atoms with Gasteiger partial charge in [-0.15, -0.1) is 0 Å². The average molecular weight is 606 g/mol. The van der Waals surface area contributed by atoms with E-state index in [4.69, 9.17) is 28.2 Å². The molecule has 226 valence electrons. The standard InChI is InChI=1S/C27H34ClF2N9O3/c1-16(40)34-10-3-11-39-12-6-18(7-13-39)37-15-20(23(31)19-14-17(28)4-5-21(19)42-27(29)30)38-26(41)22(24(32)33)25-35-8-2-9-36-25/h2,4-5,8-9,14-15,18,20,22,27,31H,3,6-7,10-13H2,1H3,(H3,32,33)(H,34,40)(H,38,41). The molecule has 2 heterocycles. The first-order chi connectivity index (χ1) is 20.0. The molecule has 0 spiro atoms. The molecule has 1 aliphatic heterocycles. The van der Waals surface area contributed by atoms with Gasteiger partial charge in [-0.1, -0.05) is 11.6 Å². The van der Waals surface area contributed by atoms with Crippen LogP contribution in [0.1, 0.15) is 43.5 Å². The quantitative estimate of drug-likeness (QED) is 0.124. The molecule has 0 aliphatic carbocycles. The van der Waals surface area contributed by atoms with Crippen molar-refractivity contribution in [2.24, 2.45) is 10.7 Å². The van der Waals surface area contributed by atoms with Gasteiger partial charge in [0, 0.05) is 55.8 Å². The molecule has 2 atom stereocenters. The Kier molecular flexibility index (Phi) is 12.2. The smallest absolute Gasteiger partial charge is 0.387 e. The fraction of sp³-hybridized carbons (Fsp3) is 0.444. The van der Waals surface area contributed by atoms with E-state index in [2.05, 4.69) is 35.2 Å². The molecular formula is C27H34ClF2N9O3. The Labute approximate surface area is 247 Å². The summed E-state index contributed by atoms with van der Waals surface area (Å²) in [5, 5.41) is 22.4. The summed E-state index contributed by atoms with van der Waals surface area (Å²) < 4.78 is 30.8. The lowest BCUT2D eigenvalue weighted by atomic mass is 10.00. The number of rotatable bonds is 14. The summed E-state index contributed by atoms with van der Waals surface area (Å²) in [6.07, 6.45) is 6.44. The highest BCUT2D eigenvalue weighted by Crippen LogP contribution is 2.26. The van der Waals surface area contributed by atoms with Crippen molar-refractivity contribution in [3.05, 3.63) is 53.1 Å². The highest BCUT2D eigenvalue weighted by molar-refractivity contribution is 6.31. The first-order valence-electron chi connectivity index (χ1n) is 13.3. The molecule has 0 radical (unpaired) electrons. The van der Waals surface area contributed by atoms with Gasteiger partial charge in [0.2, 0.25) is 11.8 Å². The van der Waals surface area contributed by atoms with E-state index in [9.17, 15) is 18.4 Å². The number of hydrogen-bond acceptors (Lipinski definition) is 9. The minimum atomic E-state index is -3.15. The van der Waals surface area contributed by atoms with Crippen molar-refractivity contribution in [1.82, 2.24) is 25.5 Å². The maximum atomic E-state index is 13.3. The molecule has 15 heteroatoms. The largest absolute Gasteiger partial charge is 0.434 e. The van der Waals surface area contributed by atoms with Gasteiger partial charge in [-0.3, -0.25) is 20.0 Å². The van der Waals surface area contributed by atoms with E-state index < -0.39 is 30.3 Å². The van der Waals surface area contributed by atoms with Crippen molar-refractivity contribution >= 4 is 41.2 Å². The van der Waals surface area contributed by atoms with Crippen LogP contribution in [0.25, 0.3) is 0 Å². The number of nitrogens with two attached hydrogens (primary N) is 1. The first-order valence-corrected chi connectivity index (χ1v) is 13.7. The van der Waals surface area contributed by atoms with E-state index in [0.29, 0.717) is 6.54 Å². The topological polar surface area (TPSA) is 183 Å². The van der Waals surface area contributed by atoms with Crippen LogP contribution >= 0.6 is 11.6 Å². The third-order valence-electron chi connectivity index (χ3n) is 6.50. The Hall–Kier alpha value is -4.04. The lowest BCUT2D eigenvalue weighted by Crippen LogP contribution is -2.47. The lowest BCUT2D eigenvalue weighted by Gasteiger charge is -2.30. The number of alkyl halides is 2. The Morgan fingerprint density at radius 2 is 1.95 bits per heavy atom. The van der Waals surface area contributed by atoms with Gasteiger partial charge in [0.1, 0.15) is 23.5 Å². The van der Waals surface area contributed by atoms with Gasteiger partial charge in [-0.25, -0.2) is 9.97 Å². The van der Waals surface area contributed by atoms with E-state index in [1.165, 1.54) is 43.7 Å². The molecule has 0 bridgehead atoms. The number of nitrogens with one attached hydrogen (secondary N) is 4. The van der Waals surface area contributed by atoms with Crippen LogP contribution < -0.4 is 21.1 Å². The highest BCUT2D eigenvalue weighted by Gasteiger charge is 2.30. The van der Waals surface area contributed by atoms with Crippen LogP contribution in [0.15, 0.2) is 41.7 Å². The zero-order chi connectivity index (χ0) is 30.6. The van der Waals surface area contributed by atoms with Crippen molar-refractivity contribution in [2.45, 2.75) is 50.8 Å². The molecule has 1 fully saturated rings. The lowest BCUT2D eigenvalue weighted by molar-refractivity contribution is -0.121. The van der Waals surface area contributed by atoms with Crippen molar-refractivity contribution in [3.63, 3.8) is 0 Å². The number of amides is 2. The summed E-state index contributed by atoms with van der Waals surface area (Å²) >= 11 is 6.11. The number of nitrogens with zero attached hydrogens (tertiary/aromatic N) is 4. The van der Waals surface area contributed by atoms with Gasteiger partial charge >= 0.3 is 6.61 Å². The minimum Gasteiger partial charge on any atom is -0.434 e. The number of carbonyl (C=O) groups is 2. The van der Waals surface area contributed by atoms with Crippen molar-refractivity contribution in [3.8, 4) is 5.75 Å². The van der Waals surface area contributed by atoms with Gasteiger partial charge in [-0.2, -0.15) is 8.78 Å². The molecule has 0 saturated carbocycles. The normalized spacial score (nSPS) is 15.7. The summed E-state index contributed by atoms with van der Waals surface area (Å²) in [5.41, 5.74) is 5.33. The van der Waals surface area contributed by atoms with Crippen LogP contribution in [0, 0.1) is 10.8 Å². The molecule has 42 heavy (non-hydrogen) atoms. The van der Waals surface area contributed by atoms with Crippen molar-refractivity contribution < 1.29 is 23.1 Å². The molecule has 2 aromatic rings. The Morgan fingerprint density at radius 1 is 1.26 bits per heavy atom. The van der Waals surface area contributed by atoms with Crippen LogP contribution in [0.4, 0.5) is 8.78 Å². The van der Waals surface area contributed by atoms with Crippen LogP contribution in [0.2, 0.25) is 5.02 Å². The summed E-state index contributed by atoms with van der Waals surface area (Å²) in [5.74, 6) is -3.02. The SMILES string of the molecule is CC(=O)NCCCN1CCC(N=CC(NC(=O)C(C(=N)N)c2ncccn2)C(=N)c2cc(Cl)ccc2OC(F)F)CC1. The molecule has 1 saturated heterocycles. The Morgan fingerprint density at radius 3 is 2.57 bits per heavy atom. The second kappa shape index (κ2) is 15.8. The maximum Gasteiger partial charge on any atom is 0.387 e. The number of halogens is 3. The number of likely N-dealkylation sites (tertiary alicyclic amines) is 1. The van der Waals surface area contributed by atoms with E-state index in [-0.39, 0.29) is 39.8 Å². The van der Waals surface area contributed by atoms with Gasteiger partial charge in [0.25, 0.3) is 0 Å². The monoisotopic (exact) mass is 605 g/mol. The maximum absolute atomic E-state index is 13.3.